The van der Waals surface area contributed by atoms with Crippen LogP contribution in [0, 0.1) is 23.7 Å². The topological polar surface area (TPSA) is 503 Å². The van der Waals surface area contributed by atoms with Crippen LogP contribution in [0.4, 0.5) is 33.2 Å². The van der Waals surface area contributed by atoms with Crippen molar-refractivity contribution >= 4 is 95.6 Å². The Bertz CT molecular complexity index is 4990. The fourth-order valence-electron chi connectivity index (χ4n) is 17.0. The molecule has 2 aliphatic heterocycles. The van der Waals surface area contributed by atoms with Crippen LogP contribution in [0.2, 0.25) is 0 Å². The van der Waals surface area contributed by atoms with Gasteiger partial charge in [0.25, 0.3) is 0 Å². The second kappa shape index (κ2) is 55.1. The van der Waals surface area contributed by atoms with E-state index in [1.807, 2.05) is 137 Å². The predicted octanol–water partition coefficient (Wildman–Crippen LogP) is 12.9. The summed E-state index contributed by atoms with van der Waals surface area (Å²) < 4.78 is 57.6. The molecule has 145 heavy (non-hydrogen) atoms. The summed E-state index contributed by atoms with van der Waals surface area (Å²) in [5.41, 5.74) is -4.69. The number of carbonyl (C=O) groups excluding carboxylic acids is 15. The molecule has 2 aliphatic carbocycles. The summed E-state index contributed by atoms with van der Waals surface area (Å²) in [5.74, 6) is -8.22. The number of alkyl halides is 1. The van der Waals surface area contributed by atoms with Gasteiger partial charge in [0, 0.05) is 83.0 Å². The van der Waals surface area contributed by atoms with Gasteiger partial charge in [-0.3, -0.25) is 38.0 Å². The molecule has 0 spiro atoms. The molecule has 8 atom stereocenters. The highest BCUT2D eigenvalue weighted by Crippen LogP contribution is 2.37. The number of halogens is 1. The third-order valence-corrected chi connectivity index (χ3v) is 23.5. The number of hydrogen-bond acceptors (Lipinski definition) is 25. The number of hydrogen-bond donors (Lipinski definition) is 12. The number of amides is 11. The summed E-state index contributed by atoms with van der Waals surface area (Å²) in [5, 5.41) is 40.6. The molecule has 2 fully saturated rings. The molecule has 806 valence electrons. The van der Waals surface area contributed by atoms with Crippen molar-refractivity contribution < 1.29 is 125 Å². The number of ketones is 2. The molecule has 12 N–H and O–H groups in total. The average molecular weight is 2040 g/mol. The van der Waals surface area contributed by atoms with Crippen LogP contribution in [0.25, 0.3) is 0 Å². The third-order valence-electron chi connectivity index (χ3n) is 23.5. The van der Waals surface area contributed by atoms with Crippen molar-refractivity contribution in [2.75, 3.05) is 60.6 Å². The van der Waals surface area contributed by atoms with Crippen LogP contribution in [0.15, 0.2) is 109 Å². The number of fused-ring (bicyclic) bond motifs is 2. The molecule has 38 heteroatoms. The summed E-state index contributed by atoms with van der Waals surface area (Å²) >= 11 is 0. The van der Waals surface area contributed by atoms with Crippen LogP contribution >= 0.6 is 0 Å². The minimum atomic E-state index is -1.64. The number of unbranched alkanes of at least 4 members (excludes halogenated alkanes) is 2. The number of carboxylic acids is 1. The second-order valence-corrected chi connectivity index (χ2v) is 44.2. The number of ether oxygens (including phenoxy) is 8. The number of benzene rings is 4. The van der Waals surface area contributed by atoms with E-state index in [-0.39, 0.29) is 133 Å². The highest BCUT2D eigenvalue weighted by Gasteiger charge is 2.53. The Hall–Kier alpha value is -12.5. The summed E-state index contributed by atoms with van der Waals surface area (Å²) in [4.78, 5) is 215. The molecule has 0 radical (unpaired) electrons. The van der Waals surface area contributed by atoms with Crippen molar-refractivity contribution in [3.8, 4) is 0 Å². The van der Waals surface area contributed by atoms with Gasteiger partial charge < -0.3 is 106 Å². The number of methoxy groups -OCH3 is 2. The Kier molecular flexibility index (Phi) is 46.1. The van der Waals surface area contributed by atoms with Gasteiger partial charge in [-0.2, -0.15) is 0 Å². The van der Waals surface area contributed by atoms with E-state index >= 15 is 0 Å². The van der Waals surface area contributed by atoms with Crippen LogP contribution in [0.5, 0.6) is 0 Å². The molecule has 4 aromatic rings. The molecule has 2 heterocycles. The van der Waals surface area contributed by atoms with Crippen molar-refractivity contribution in [1.82, 2.24) is 63.4 Å². The van der Waals surface area contributed by atoms with Gasteiger partial charge in [0.15, 0.2) is 22.6 Å². The maximum Gasteiger partial charge on any atom is 0.408 e. The van der Waals surface area contributed by atoms with E-state index in [0.29, 0.717) is 45.2 Å². The smallest absolute Gasteiger partial charge is 0.408 e. The molecule has 0 bridgehead atoms. The van der Waals surface area contributed by atoms with E-state index < -0.39 is 183 Å². The zero-order valence-corrected chi connectivity index (χ0v) is 89.3. The largest absolute Gasteiger partial charge is 0.480 e. The first-order chi connectivity index (χ1) is 67.9. The number of likely N-dealkylation sites (tertiary alicyclic amines) is 1. The zero-order valence-electron chi connectivity index (χ0n) is 90.3. The van der Waals surface area contributed by atoms with Crippen LogP contribution in [-0.4, -0.2) is 246 Å². The number of esters is 2. The summed E-state index contributed by atoms with van der Waals surface area (Å²) in [7, 11) is 1.48. The number of carbonyl (C=O) groups is 16. The van der Waals surface area contributed by atoms with Gasteiger partial charge in [-0.1, -0.05) is 137 Å². The number of nitrogens with zero attached hydrogens (tertiary/aromatic N) is 1. The Morgan fingerprint density at radius 1 is 0.407 bits per heavy atom. The summed E-state index contributed by atoms with van der Waals surface area (Å²) in [6.07, 6.45) is -0.834. The molecule has 8 rings (SSSR count). The second-order valence-electron chi connectivity index (χ2n) is 44.2. The highest BCUT2D eigenvalue weighted by molar-refractivity contribution is 6.00. The van der Waals surface area contributed by atoms with Crippen LogP contribution < -0.4 is 58.5 Å². The van der Waals surface area contributed by atoms with Gasteiger partial charge in [-0.15, -0.1) is 0 Å². The van der Waals surface area contributed by atoms with Crippen molar-refractivity contribution in [3.63, 3.8) is 0 Å². The summed E-state index contributed by atoms with van der Waals surface area (Å²) in [6.45, 7) is 40.0. The van der Waals surface area contributed by atoms with Gasteiger partial charge in [-0.25, -0.2) is 43.2 Å². The fraction of sp³-hybridized carbons (Fsp3) is 0.626. The van der Waals surface area contributed by atoms with Crippen molar-refractivity contribution in [2.24, 2.45) is 23.7 Å². The van der Waals surface area contributed by atoms with Crippen LogP contribution in [0.3, 0.4) is 0 Å². The number of carboxylic acid groups (broad SMARTS) is 1. The number of nitrogens with one attached hydrogen (secondary N) is 11. The number of rotatable bonds is 40. The highest BCUT2D eigenvalue weighted by atomic mass is 19.1. The van der Waals surface area contributed by atoms with Gasteiger partial charge in [0.2, 0.25) is 29.5 Å². The lowest BCUT2D eigenvalue weighted by molar-refractivity contribution is -0.149. The zero-order chi connectivity index (χ0) is 110. The van der Waals surface area contributed by atoms with Gasteiger partial charge in [-0.05, 0) is 247 Å². The monoisotopic (exact) mass is 2030 g/mol. The fourth-order valence-corrected chi connectivity index (χ4v) is 17.0. The molecule has 4 aliphatic rings. The lowest BCUT2D eigenvalue weighted by atomic mass is 9.82. The SMILES string of the molecule is CC(C)CC(NC(=O)[C@H](CC(=O)C1(NC(=O)OC(C)(C)C)Cc2ccccc2C1)Cc1ccccc1)C(=O)N[C@H](CCCCNC(=O)OC(C)(C)C)C(=O)O.COC(=O)C1(NC(=O)OC(C)(C)C)CCN(C(=O)[C@@H](CCCCNC(=O)OC(C)(C)C)NC(=O)C(CC(C)C)NC(=O)[C@H](CC(=O)C2(NC(=O)OC(C)(C)C)Cc3ccccc3C2)Cc2ccccc2)C1.COC(=O)C1(NC(=O)OC(C)(C)C)CCNC1.[2H]CF. The lowest BCUT2D eigenvalue weighted by Crippen LogP contribution is -2.59. The maximum absolute atomic E-state index is 14.8. The van der Waals surface area contributed by atoms with Gasteiger partial charge in [0.05, 0.1) is 29.3 Å². The Morgan fingerprint density at radius 2 is 0.710 bits per heavy atom. The molecule has 4 unspecified atom stereocenters. The first-order valence-electron chi connectivity index (χ1n) is 50.3. The van der Waals surface area contributed by atoms with E-state index in [1.54, 1.807) is 125 Å². The Balaban J connectivity index is 0.000000440. The Morgan fingerprint density at radius 3 is 1.03 bits per heavy atom. The first kappa shape index (κ1) is 121. The molecule has 4 aromatic carbocycles. The number of aliphatic carboxylic acids is 1. The van der Waals surface area contributed by atoms with Crippen molar-refractivity contribution in [1.29, 1.82) is 0 Å². The van der Waals surface area contributed by atoms with Gasteiger partial charge >= 0.3 is 54.5 Å². The molecule has 37 nitrogen and oxygen atoms in total. The molecular formula is C107H161FN12O25. The quantitative estimate of drug-likeness (QED) is 0.0112. The van der Waals surface area contributed by atoms with Crippen LogP contribution in [0.1, 0.15) is 264 Å². The van der Waals surface area contributed by atoms with E-state index in [9.17, 15) is 86.2 Å². The normalized spacial score (nSPS) is 17.4. The van der Waals surface area contributed by atoms with E-state index in [4.69, 9.17) is 39.3 Å². The Labute approximate surface area is 855 Å². The van der Waals surface area contributed by atoms with E-state index in [1.165, 1.54) is 19.1 Å². The molecule has 2 saturated heterocycles. The maximum atomic E-state index is 14.8. The van der Waals surface area contributed by atoms with Crippen LogP contribution in [-0.2, 0) is 124 Å². The van der Waals surface area contributed by atoms with E-state index in [0.717, 1.165) is 33.4 Å². The number of Topliss-reactive ketones (excluding diaryl/α,β-unsaturated/α-hetero) is 2. The first-order valence-corrected chi connectivity index (χ1v) is 49.6. The standard InChI is InChI=1S/C53H78N6O12.C42H60N4O9.C11H20N2O4.CH3F/c1-34(2)28-40(56-42(61)38(29-35-20-14-13-15-21-35)30-41(60)53(58-48(67)71-51(9,10)11)31-36-22-16-17-23-37(36)32-53)43(62)55-39(24-18-19-26-54-46(65)69-49(3,4)5)44(63)59-27-25-52(33-59,45(64)68-12)57-47(66)70-50(6,7)8;1-27(2)22-33(36(49)44-32(37(50)51)20-14-15-21-43-38(52)54-40(3,4)5)45-35(48)31(23-28-16-10-9-11-17-28)24-34(47)42(46-39(53)55-41(6,7)8)25-29-18-12-13-19-30(29)26-42;1-10(2,3)17-9(15)13-11(8(14)16-4)5-6-12-7-11;1-2/h13-17,20-23,34,38-40H,18-19,24-33H2,1-12H3,(H,54,65)(H,55,62)(H,56,61)(H,57,66)(H,58,67);9-13,16-19,27,31-33H,14-15,20-26H2,1-8H3,(H,43,52)(H,44,49)(H,45,48)(H,46,53)(H,50,51);12H,5-7H2,1-4H3,(H,13,15);1H3/t38-,39+,40?,52?;31-,32+,33?;;/m00../s1/i;;;1D. The average Bonchev–Trinajstić information content (AvgIpc) is 1.62. The molecule has 0 saturated carbocycles. The molecule has 0 aromatic heterocycles. The molecular weight excluding hydrogens is 1870 g/mol. The minimum Gasteiger partial charge on any atom is -0.480 e. The molecule has 11 amide bonds. The van der Waals surface area contributed by atoms with E-state index in [2.05, 4.69) is 58.5 Å². The number of alkyl carbamates (subject to hydrolysis) is 6. The van der Waals surface area contributed by atoms with Gasteiger partial charge in [0.1, 0.15) is 68.9 Å². The summed E-state index contributed by atoms with van der Waals surface area (Å²) in [6, 6.07) is 28.9. The third kappa shape index (κ3) is 42.6. The lowest BCUT2D eigenvalue weighted by Gasteiger charge is -2.32. The minimum absolute atomic E-state index is 0.000641. The predicted molar refractivity (Wildman–Crippen MR) is 543 cm³/mol. The van der Waals surface area contributed by atoms with Crippen molar-refractivity contribution in [3.05, 3.63) is 143 Å². The van der Waals surface area contributed by atoms with Crippen molar-refractivity contribution in [2.45, 2.75) is 348 Å².